The average molecular weight is 585 g/mol. The summed E-state index contributed by atoms with van der Waals surface area (Å²) in [5, 5.41) is 3.72. The van der Waals surface area contributed by atoms with E-state index in [1.807, 2.05) is 91.0 Å². The third kappa shape index (κ3) is 8.85. The zero-order valence-corrected chi connectivity index (χ0v) is 24.8. The Morgan fingerprint density at radius 1 is 0.738 bits per heavy atom. The van der Waals surface area contributed by atoms with Crippen molar-refractivity contribution in [2.24, 2.45) is 0 Å². The number of amides is 2. The summed E-state index contributed by atoms with van der Waals surface area (Å²) in [7, 11) is 3.20. The maximum Gasteiger partial charge on any atom is 0.243 e. The SMILES string of the molecule is COc1ccc(CCNC(=O)[C@H](Cc2ccccc2)N(Cc2ccc(Cl)cc2)C(=O)CCc2ccccc2)cc1OC. The summed E-state index contributed by atoms with van der Waals surface area (Å²) >= 11 is 6.13. The van der Waals surface area contributed by atoms with Crippen LogP contribution in [0.5, 0.6) is 11.5 Å². The van der Waals surface area contributed by atoms with Crippen LogP contribution in [0.2, 0.25) is 5.02 Å². The largest absolute Gasteiger partial charge is 0.493 e. The van der Waals surface area contributed by atoms with Gasteiger partial charge in [-0.25, -0.2) is 0 Å². The molecule has 0 aliphatic carbocycles. The molecule has 6 nitrogen and oxygen atoms in total. The van der Waals surface area contributed by atoms with Crippen LogP contribution in [0.3, 0.4) is 0 Å². The van der Waals surface area contributed by atoms with Crippen molar-refractivity contribution in [1.82, 2.24) is 10.2 Å². The highest BCUT2D eigenvalue weighted by atomic mass is 35.5. The number of carbonyl (C=O) groups excluding carboxylic acids is 2. The van der Waals surface area contributed by atoms with Gasteiger partial charge in [0, 0.05) is 31.0 Å². The third-order valence-corrected chi connectivity index (χ3v) is 7.42. The van der Waals surface area contributed by atoms with E-state index in [2.05, 4.69) is 5.32 Å². The molecule has 0 radical (unpaired) electrons. The molecule has 7 heteroatoms. The van der Waals surface area contributed by atoms with Crippen molar-refractivity contribution in [2.45, 2.75) is 38.3 Å². The van der Waals surface area contributed by atoms with Gasteiger partial charge in [0.25, 0.3) is 0 Å². The lowest BCUT2D eigenvalue weighted by Crippen LogP contribution is -2.50. The lowest BCUT2D eigenvalue weighted by atomic mass is 10.0. The maximum absolute atomic E-state index is 13.9. The van der Waals surface area contributed by atoms with Gasteiger partial charge in [-0.1, -0.05) is 90.5 Å². The van der Waals surface area contributed by atoms with Gasteiger partial charge >= 0.3 is 0 Å². The van der Waals surface area contributed by atoms with Crippen LogP contribution in [-0.4, -0.2) is 43.5 Å². The monoisotopic (exact) mass is 584 g/mol. The second-order valence-electron chi connectivity index (χ2n) is 10.1. The number of hydrogen-bond donors (Lipinski definition) is 1. The van der Waals surface area contributed by atoms with Crippen LogP contribution < -0.4 is 14.8 Å². The number of ether oxygens (including phenoxy) is 2. The number of nitrogens with one attached hydrogen (secondary N) is 1. The first-order chi connectivity index (χ1) is 20.5. The van der Waals surface area contributed by atoms with E-state index in [0.717, 1.165) is 22.3 Å². The molecule has 42 heavy (non-hydrogen) atoms. The molecule has 0 heterocycles. The van der Waals surface area contributed by atoms with E-state index in [1.165, 1.54) is 0 Å². The molecule has 0 unspecified atom stereocenters. The minimum atomic E-state index is -0.697. The highest BCUT2D eigenvalue weighted by Gasteiger charge is 2.30. The fraction of sp³-hybridized carbons (Fsp3) is 0.257. The number of rotatable bonds is 14. The van der Waals surface area contributed by atoms with Gasteiger partial charge in [-0.2, -0.15) is 0 Å². The Morgan fingerprint density at radius 3 is 2.00 bits per heavy atom. The van der Waals surface area contributed by atoms with Gasteiger partial charge in [0.15, 0.2) is 11.5 Å². The van der Waals surface area contributed by atoms with Crippen molar-refractivity contribution in [3.63, 3.8) is 0 Å². The summed E-state index contributed by atoms with van der Waals surface area (Å²) in [6.07, 6.45) is 1.88. The van der Waals surface area contributed by atoms with Gasteiger partial charge in [-0.3, -0.25) is 9.59 Å². The molecule has 4 aromatic rings. The van der Waals surface area contributed by atoms with Crippen molar-refractivity contribution in [3.05, 3.63) is 130 Å². The number of hydrogen-bond acceptors (Lipinski definition) is 4. The smallest absolute Gasteiger partial charge is 0.243 e. The molecule has 0 spiro atoms. The van der Waals surface area contributed by atoms with Crippen LogP contribution in [0, 0.1) is 0 Å². The Balaban J connectivity index is 1.55. The first-order valence-electron chi connectivity index (χ1n) is 14.1. The number of nitrogens with zero attached hydrogens (tertiary/aromatic N) is 1. The molecule has 0 aliphatic rings. The molecule has 4 aromatic carbocycles. The molecule has 1 atom stereocenters. The van der Waals surface area contributed by atoms with Crippen molar-refractivity contribution in [2.75, 3.05) is 20.8 Å². The first-order valence-corrected chi connectivity index (χ1v) is 14.4. The van der Waals surface area contributed by atoms with Gasteiger partial charge in [-0.15, -0.1) is 0 Å². The number of halogens is 1. The Kier molecular flexibility index (Phi) is 11.4. The van der Waals surface area contributed by atoms with E-state index in [0.29, 0.717) is 55.3 Å². The predicted octanol–water partition coefficient (Wildman–Crippen LogP) is 6.29. The second kappa shape index (κ2) is 15.6. The van der Waals surface area contributed by atoms with Crippen LogP contribution in [-0.2, 0) is 35.4 Å². The minimum Gasteiger partial charge on any atom is -0.493 e. The van der Waals surface area contributed by atoms with E-state index in [1.54, 1.807) is 31.3 Å². The van der Waals surface area contributed by atoms with E-state index in [4.69, 9.17) is 21.1 Å². The van der Waals surface area contributed by atoms with E-state index < -0.39 is 6.04 Å². The lowest BCUT2D eigenvalue weighted by Gasteiger charge is -2.32. The van der Waals surface area contributed by atoms with Gasteiger partial charge < -0.3 is 19.7 Å². The van der Waals surface area contributed by atoms with E-state index in [9.17, 15) is 9.59 Å². The molecule has 0 bridgehead atoms. The minimum absolute atomic E-state index is 0.0789. The number of aryl methyl sites for hydroxylation is 1. The van der Waals surface area contributed by atoms with Crippen molar-refractivity contribution >= 4 is 23.4 Å². The van der Waals surface area contributed by atoms with Gasteiger partial charge in [0.05, 0.1) is 14.2 Å². The standard InChI is InChI=1S/C35H37ClN2O4/c1-41-32-19-15-28(24-33(32)42-2)21-22-37-35(40)31(23-27-11-7-4-8-12-27)38(25-29-13-17-30(36)18-14-29)34(39)20-16-26-9-5-3-6-10-26/h3-15,17-19,24,31H,16,20-23,25H2,1-2H3,(H,37,40)/t31-/m0/s1. The van der Waals surface area contributed by atoms with Crippen LogP contribution in [0.15, 0.2) is 103 Å². The highest BCUT2D eigenvalue weighted by molar-refractivity contribution is 6.30. The summed E-state index contributed by atoms with van der Waals surface area (Å²) in [6, 6.07) is 32.1. The molecular weight excluding hydrogens is 548 g/mol. The Bertz CT molecular complexity index is 1430. The Morgan fingerprint density at radius 2 is 1.36 bits per heavy atom. The maximum atomic E-state index is 13.9. The topological polar surface area (TPSA) is 67.9 Å². The van der Waals surface area contributed by atoms with Gasteiger partial charge in [0.1, 0.15) is 6.04 Å². The van der Waals surface area contributed by atoms with E-state index >= 15 is 0 Å². The Labute approximate surface area is 253 Å². The van der Waals surface area contributed by atoms with Gasteiger partial charge in [-0.05, 0) is 59.4 Å². The van der Waals surface area contributed by atoms with Crippen molar-refractivity contribution in [1.29, 1.82) is 0 Å². The molecule has 0 fully saturated rings. The molecule has 2 amide bonds. The zero-order valence-electron chi connectivity index (χ0n) is 24.1. The summed E-state index contributed by atoms with van der Waals surface area (Å²) in [6.45, 7) is 0.706. The fourth-order valence-corrected chi connectivity index (χ4v) is 4.99. The molecule has 218 valence electrons. The van der Waals surface area contributed by atoms with Crippen molar-refractivity contribution in [3.8, 4) is 11.5 Å². The first kappa shape index (κ1) is 30.7. The normalized spacial score (nSPS) is 11.4. The van der Waals surface area contributed by atoms with Crippen molar-refractivity contribution < 1.29 is 19.1 Å². The summed E-state index contributed by atoms with van der Waals surface area (Å²) in [5.74, 6) is 1.02. The number of benzene rings is 4. The van der Waals surface area contributed by atoms with Crippen LogP contribution in [0.1, 0.15) is 28.7 Å². The van der Waals surface area contributed by atoms with Gasteiger partial charge in [0.2, 0.25) is 11.8 Å². The second-order valence-corrected chi connectivity index (χ2v) is 10.5. The summed E-state index contributed by atoms with van der Waals surface area (Å²) in [4.78, 5) is 29.4. The average Bonchev–Trinajstić information content (AvgIpc) is 3.03. The number of methoxy groups -OCH3 is 2. The third-order valence-electron chi connectivity index (χ3n) is 7.17. The molecule has 0 saturated carbocycles. The summed E-state index contributed by atoms with van der Waals surface area (Å²) < 4.78 is 10.8. The zero-order chi connectivity index (χ0) is 29.7. The highest BCUT2D eigenvalue weighted by Crippen LogP contribution is 2.27. The lowest BCUT2D eigenvalue weighted by molar-refractivity contribution is -0.141. The predicted molar refractivity (Wildman–Crippen MR) is 167 cm³/mol. The molecule has 4 rings (SSSR count). The van der Waals surface area contributed by atoms with Crippen LogP contribution in [0.25, 0.3) is 0 Å². The quantitative estimate of drug-likeness (QED) is 0.189. The van der Waals surface area contributed by atoms with Crippen LogP contribution >= 0.6 is 11.6 Å². The van der Waals surface area contributed by atoms with Crippen LogP contribution in [0.4, 0.5) is 0 Å². The van der Waals surface area contributed by atoms with E-state index in [-0.39, 0.29) is 11.8 Å². The summed E-state index contributed by atoms with van der Waals surface area (Å²) in [5.41, 5.74) is 3.97. The molecular formula is C35H37ClN2O4. The molecule has 0 aliphatic heterocycles. The Hall–Kier alpha value is -4.29. The number of carbonyl (C=O) groups is 2. The molecule has 0 aromatic heterocycles. The molecule has 0 saturated heterocycles. The molecule has 1 N–H and O–H groups in total. The fourth-order valence-electron chi connectivity index (χ4n) is 4.86.